The van der Waals surface area contributed by atoms with E-state index in [9.17, 15) is 9.59 Å². The van der Waals surface area contributed by atoms with E-state index in [-0.39, 0.29) is 17.6 Å². The molecule has 0 aliphatic carbocycles. The molecule has 2 N–H and O–H groups in total. The van der Waals surface area contributed by atoms with Crippen molar-refractivity contribution in [2.45, 2.75) is 19.9 Å². The van der Waals surface area contributed by atoms with Crippen molar-refractivity contribution in [1.82, 2.24) is 19.7 Å². The van der Waals surface area contributed by atoms with Crippen molar-refractivity contribution >= 4 is 33.4 Å². The Morgan fingerprint density at radius 3 is 2.88 bits per heavy atom. The number of rotatable bonds is 4. The number of benzene rings is 1. The van der Waals surface area contributed by atoms with Gasteiger partial charge in [0.15, 0.2) is 10.8 Å². The van der Waals surface area contributed by atoms with Gasteiger partial charge in [-0.25, -0.2) is 4.79 Å². The predicted octanol–water partition coefficient (Wildman–Crippen LogP) is 3.27. The zero-order valence-electron chi connectivity index (χ0n) is 14.0. The number of imidazole rings is 1. The average molecular weight is 369 g/mol. The summed E-state index contributed by atoms with van der Waals surface area (Å²) < 4.78 is 6.91. The van der Waals surface area contributed by atoms with Gasteiger partial charge in [0, 0.05) is 11.6 Å². The largest absolute Gasteiger partial charge is 0.462 e. The molecule has 0 bridgehead atoms. The molecule has 0 aliphatic heterocycles. The maximum Gasteiger partial charge on any atom is 0.326 e. The molecular weight excluding hydrogens is 354 g/mol. The fourth-order valence-electron chi connectivity index (χ4n) is 2.73. The van der Waals surface area contributed by atoms with Gasteiger partial charge in [0.25, 0.3) is 5.91 Å². The van der Waals surface area contributed by atoms with Crippen molar-refractivity contribution in [2.75, 3.05) is 5.32 Å². The summed E-state index contributed by atoms with van der Waals surface area (Å²) in [6, 6.07) is 8.65. The molecule has 4 rings (SSSR count). The number of carbonyl (C=O) groups excluding carboxylic acids is 1. The number of nitrogens with zero attached hydrogens (tertiary/aromatic N) is 3. The highest BCUT2D eigenvalue weighted by molar-refractivity contribution is 7.18. The third-order valence-corrected chi connectivity index (χ3v) is 4.73. The molecule has 0 saturated heterocycles. The SMILES string of the molecule is CC(C)n1c(=O)[nH]c2cc(C(=O)Nc3nnc(-c4ccco4)s3)ccc21. The van der Waals surface area contributed by atoms with Crippen molar-refractivity contribution in [3.05, 3.63) is 52.6 Å². The zero-order chi connectivity index (χ0) is 18.3. The van der Waals surface area contributed by atoms with Crippen molar-refractivity contribution in [1.29, 1.82) is 0 Å². The van der Waals surface area contributed by atoms with E-state index < -0.39 is 0 Å². The highest BCUT2D eigenvalue weighted by atomic mass is 32.1. The topological polar surface area (TPSA) is 106 Å². The molecule has 26 heavy (non-hydrogen) atoms. The van der Waals surface area contributed by atoms with Crippen molar-refractivity contribution < 1.29 is 9.21 Å². The van der Waals surface area contributed by atoms with Gasteiger partial charge in [-0.15, -0.1) is 10.2 Å². The summed E-state index contributed by atoms with van der Waals surface area (Å²) in [7, 11) is 0. The Balaban J connectivity index is 1.59. The Morgan fingerprint density at radius 2 is 2.15 bits per heavy atom. The number of anilines is 1. The van der Waals surface area contributed by atoms with Crippen LogP contribution in [0.5, 0.6) is 0 Å². The number of furan rings is 1. The lowest BCUT2D eigenvalue weighted by Gasteiger charge is -2.07. The van der Waals surface area contributed by atoms with E-state index in [2.05, 4.69) is 20.5 Å². The maximum absolute atomic E-state index is 12.5. The van der Waals surface area contributed by atoms with Crippen molar-refractivity contribution in [3.8, 4) is 10.8 Å². The Hall–Kier alpha value is -3.20. The standard InChI is InChI=1S/C17H15N5O3S/c1-9(2)22-12-6-5-10(8-11(12)18-17(22)24)14(23)19-16-21-20-15(26-16)13-4-3-7-25-13/h3-9H,1-2H3,(H,18,24)(H,19,21,23). The Kier molecular flexibility index (Phi) is 3.92. The molecule has 0 saturated carbocycles. The van der Waals surface area contributed by atoms with Gasteiger partial charge in [-0.1, -0.05) is 11.3 Å². The van der Waals surface area contributed by atoms with Crippen LogP contribution in [0.15, 0.2) is 45.8 Å². The van der Waals surface area contributed by atoms with E-state index in [4.69, 9.17) is 4.42 Å². The van der Waals surface area contributed by atoms with Crippen LogP contribution in [0.2, 0.25) is 0 Å². The summed E-state index contributed by atoms with van der Waals surface area (Å²) in [4.78, 5) is 27.3. The number of hydrogen-bond acceptors (Lipinski definition) is 6. The molecule has 9 heteroatoms. The molecule has 0 atom stereocenters. The minimum absolute atomic E-state index is 0.0253. The number of amides is 1. The van der Waals surface area contributed by atoms with Gasteiger partial charge < -0.3 is 9.40 Å². The molecule has 1 amide bonds. The van der Waals surface area contributed by atoms with Crippen LogP contribution >= 0.6 is 11.3 Å². The highest BCUT2D eigenvalue weighted by Gasteiger charge is 2.15. The molecular formula is C17H15N5O3S. The normalized spacial score (nSPS) is 11.3. The first-order chi connectivity index (χ1) is 12.5. The molecule has 0 fully saturated rings. The predicted molar refractivity (Wildman–Crippen MR) is 98.5 cm³/mol. The molecule has 0 unspecified atom stereocenters. The van der Waals surface area contributed by atoms with E-state index in [0.717, 1.165) is 5.52 Å². The number of H-pyrrole nitrogens is 1. The number of nitrogens with one attached hydrogen (secondary N) is 2. The van der Waals surface area contributed by atoms with Gasteiger partial charge in [-0.05, 0) is 44.2 Å². The molecule has 1 aromatic carbocycles. The molecule has 0 radical (unpaired) electrons. The van der Waals surface area contributed by atoms with Crippen LogP contribution in [0.4, 0.5) is 5.13 Å². The molecule has 8 nitrogen and oxygen atoms in total. The third-order valence-electron chi connectivity index (χ3n) is 3.87. The van der Waals surface area contributed by atoms with Crippen molar-refractivity contribution in [3.63, 3.8) is 0 Å². The molecule has 0 spiro atoms. The minimum atomic E-state index is -0.327. The van der Waals surface area contributed by atoms with Gasteiger partial charge in [0.05, 0.1) is 17.3 Å². The summed E-state index contributed by atoms with van der Waals surface area (Å²) in [5.74, 6) is 0.268. The summed E-state index contributed by atoms with van der Waals surface area (Å²) in [6.07, 6.45) is 1.55. The fourth-order valence-corrected chi connectivity index (χ4v) is 3.43. The van der Waals surface area contributed by atoms with Crippen LogP contribution in [0, 0.1) is 0 Å². The van der Waals surface area contributed by atoms with Crippen LogP contribution in [0.1, 0.15) is 30.2 Å². The average Bonchev–Trinajstić information content (AvgIpc) is 3.32. The van der Waals surface area contributed by atoms with E-state index in [0.29, 0.717) is 27.0 Å². The fraction of sp³-hybridized carbons (Fsp3) is 0.176. The monoisotopic (exact) mass is 369 g/mol. The quantitative estimate of drug-likeness (QED) is 0.574. The van der Waals surface area contributed by atoms with Crippen molar-refractivity contribution in [2.24, 2.45) is 0 Å². The first-order valence-electron chi connectivity index (χ1n) is 7.96. The zero-order valence-corrected chi connectivity index (χ0v) is 14.8. The van der Waals surface area contributed by atoms with Gasteiger partial charge in [0.2, 0.25) is 5.13 Å². The number of carbonyl (C=O) groups is 1. The van der Waals surface area contributed by atoms with Crippen LogP contribution in [0.3, 0.4) is 0 Å². The lowest BCUT2D eigenvalue weighted by molar-refractivity contribution is 0.102. The third kappa shape index (κ3) is 2.82. The van der Waals surface area contributed by atoms with Gasteiger partial charge in [0.1, 0.15) is 0 Å². The summed E-state index contributed by atoms with van der Waals surface area (Å²) >= 11 is 1.22. The number of hydrogen-bond donors (Lipinski definition) is 2. The second-order valence-corrected chi connectivity index (χ2v) is 6.95. The van der Waals surface area contributed by atoms with Gasteiger partial charge in [-0.3, -0.25) is 14.7 Å². The molecule has 132 valence electrons. The van der Waals surface area contributed by atoms with Crippen LogP contribution in [-0.2, 0) is 0 Å². The first-order valence-corrected chi connectivity index (χ1v) is 8.77. The second kappa shape index (κ2) is 6.26. The summed E-state index contributed by atoms with van der Waals surface area (Å²) in [5, 5.41) is 11.6. The molecule has 4 aromatic rings. The summed E-state index contributed by atoms with van der Waals surface area (Å²) in [5.41, 5.74) is 1.60. The smallest absolute Gasteiger partial charge is 0.326 e. The second-order valence-electron chi connectivity index (χ2n) is 5.97. The number of fused-ring (bicyclic) bond motifs is 1. The van der Waals surface area contributed by atoms with Crippen LogP contribution < -0.4 is 11.0 Å². The van der Waals surface area contributed by atoms with E-state index in [1.165, 1.54) is 11.3 Å². The number of aromatic nitrogens is 4. The first kappa shape index (κ1) is 16.3. The van der Waals surface area contributed by atoms with Gasteiger partial charge >= 0.3 is 5.69 Å². The van der Waals surface area contributed by atoms with Gasteiger partial charge in [-0.2, -0.15) is 0 Å². The Morgan fingerprint density at radius 1 is 1.31 bits per heavy atom. The van der Waals surface area contributed by atoms with E-state index in [1.54, 1.807) is 41.2 Å². The van der Waals surface area contributed by atoms with E-state index in [1.807, 2.05) is 13.8 Å². The number of aromatic amines is 1. The lowest BCUT2D eigenvalue weighted by Crippen LogP contribution is -2.18. The molecule has 3 aromatic heterocycles. The lowest BCUT2D eigenvalue weighted by atomic mass is 10.2. The molecule has 3 heterocycles. The highest BCUT2D eigenvalue weighted by Crippen LogP contribution is 2.27. The van der Waals surface area contributed by atoms with Crippen LogP contribution in [0.25, 0.3) is 21.8 Å². The van der Waals surface area contributed by atoms with E-state index >= 15 is 0 Å². The maximum atomic E-state index is 12.5. The van der Waals surface area contributed by atoms with Crippen LogP contribution in [-0.4, -0.2) is 25.7 Å². The Labute approximate surface area is 151 Å². The Bertz CT molecular complexity index is 1140. The molecule has 0 aliphatic rings. The summed E-state index contributed by atoms with van der Waals surface area (Å²) in [6.45, 7) is 3.86. The minimum Gasteiger partial charge on any atom is -0.462 e.